The van der Waals surface area contributed by atoms with E-state index in [1.807, 2.05) is 10.8 Å². The highest BCUT2D eigenvalue weighted by Crippen LogP contribution is 2.01. The molecule has 19 heavy (non-hydrogen) atoms. The minimum absolute atomic E-state index is 0.224. The van der Waals surface area contributed by atoms with E-state index >= 15 is 0 Å². The third-order valence-electron chi connectivity index (χ3n) is 2.86. The van der Waals surface area contributed by atoms with Crippen LogP contribution in [0.5, 0.6) is 0 Å². The van der Waals surface area contributed by atoms with E-state index in [4.69, 9.17) is 0 Å². The van der Waals surface area contributed by atoms with Gasteiger partial charge in [0.2, 0.25) is 0 Å². The molecule has 0 aliphatic rings. The van der Waals surface area contributed by atoms with Gasteiger partial charge in [-0.3, -0.25) is 0 Å². The van der Waals surface area contributed by atoms with E-state index in [1.165, 1.54) is 0 Å². The molecular weight excluding hydrogens is 262 g/mol. The number of hydrogen-bond donors (Lipinski definition) is 1. The molecule has 0 atom stereocenters. The first-order valence-corrected chi connectivity index (χ1v) is 8.67. The van der Waals surface area contributed by atoms with Gasteiger partial charge >= 0.3 is 0 Å². The summed E-state index contributed by atoms with van der Waals surface area (Å²) < 4.78 is 24.7. The second-order valence-electron chi connectivity index (χ2n) is 5.22. The lowest BCUT2D eigenvalue weighted by atomic mass is 10.2. The Balaban J connectivity index is 2.31. The first-order valence-electron chi connectivity index (χ1n) is 6.84. The van der Waals surface area contributed by atoms with Crippen molar-refractivity contribution >= 4 is 9.84 Å². The van der Waals surface area contributed by atoms with Crippen molar-refractivity contribution in [2.75, 3.05) is 18.1 Å². The van der Waals surface area contributed by atoms with Gasteiger partial charge in [0, 0.05) is 25.0 Å². The van der Waals surface area contributed by atoms with Gasteiger partial charge in [-0.1, -0.05) is 20.8 Å². The molecule has 0 radical (unpaired) electrons. The van der Waals surface area contributed by atoms with Crippen molar-refractivity contribution in [2.24, 2.45) is 5.92 Å². The third-order valence-corrected chi connectivity index (χ3v) is 4.65. The molecule has 0 aliphatic carbocycles. The number of nitrogens with zero attached hydrogens (tertiary/aromatic N) is 2. The van der Waals surface area contributed by atoms with Crippen molar-refractivity contribution in [3.8, 4) is 0 Å². The van der Waals surface area contributed by atoms with Crippen LogP contribution in [0.25, 0.3) is 0 Å². The molecular formula is C13H25N3O2S. The Morgan fingerprint density at radius 1 is 1.42 bits per heavy atom. The summed E-state index contributed by atoms with van der Waals surface area (Å²) in [6, 6.07) is 0. The van der Waals surface area contributed by atoms with Crippen LogP contribution in [0.15, 0.2) is 12.5 Å². The quantitative estimate of drug-likeness (QED) is 0.747. The number of nitrogens with one attached hydrogen (secondary N) is 1. The SMILES string of the molecule is CCS(=O)(=O)CCCn1cnc(CNCC(C)C)c1. The largest absolute Gasteiger partial charge is 0.337 e. The van der Waals surface area contributed by atoms with Gasteiger partial charge in [0.05, 0.1) is 17.8 Å². The maximum Gasteiger partial charge on any atom is 0.150 e. The van der Waals surface area contributed by atoms with Crippen LogP contribution in [0.4, 0.5) is 0 Å². The predicted octanol–water partition coefficient (Wildman–Crippen LogP) is 1.45. The highest BCUT2D eigenvalue weighted by molar-refractivity contribution is 7.91. The second-order valence-corrected chi connectivity index (χ2v) is 7.69. The van der Waals surface area contributed by atoms with Crippen molar-refractivity contribution in [1.82, 2.24) is 14.9 Å². The molecule has 5 nitrogen and oxygen atoms in total. The Bertz CT molecular complexity index is 466. The van der Waals surface area contributed by atoms with Crippen molar-refractivity contribution in [1.29, 1.82) is 0 Å². The highest BCUT2D eigenvalue weighted by atomic mass is 32.2. The van der Waals surface area contributed by atoms with Gasteiger partial charge in [0.25, 0.3) is 0 Å². The molecule has 0 saturated carbocycles. The maximum absolute atomic E-state index is 11.4. The van der Waals surface area contributed by atoms with Gasteiger partial charge in [0.15, 0.2) is 0 Å². The molecule has 1 aromatic heterocycles. The van der Waals surface area contributed by atoms with Crippen LogP contribution < -0.4 is 5.32 Å². The number of aryl methyl sites for hydroxylation is 1. The van der Waals surface area contributed by atoms with Crippen LogP contribution in [0.2, 0.25) is 0 Å². The summed E-state index contributed by atoms with van der Waals surface area (Å²) in [5, 5.41) is 3.33. The van der Waals surface area contributed by atoms with Crippen molar-refractivity contribution < 1.29 is 8.42 Å². The Hall–Kier alpha value is -0.880. The van der Waals surface area contributed by atoms with Gasteiger partial charge < -0.3 is 9.88 Å². The Morgan fingerprint density at radius 2 is 2.16 bits per heavy atom. The summed E-state index contributed by atoms with van der Waals surface area (Å²) in [6.45, 7) is 8.46. The minimum Gasteiger partial charge on any atom is -0.337 e. The zero-order chi connectivity index (χ0) is 14.3. The van der Waals surface area contributed by atoms with E-state index in [0.717, 1.165) is 18.8 Å². The second kappa shape index (κ2) is 7.65. The van der Waals surface area contributed by atoms with Crippen LogP contribution in [0, 0.1) is 5.92 Å². The van der Waals surface area contributed by atoms with E-state index in [9.17, 15) is 8.42 Å². The molecule has 0 fully saturated rings. The molecule has 6 heteroatoms. The molecule has 0 unspecified atom stereocenters. The molecule has 1 heterocycles. The van der Waals surface area contributed by atoms with E-state index in [-0.39, 0.29) is 11.5 Å². The fourth-order valence-corrected chi connectivity index (χ4v) is 2.58. The minimum atomic E-state index is -2.85. The summed E-state index contributed by atoms with van der Waals surface area (Å²) in [5.41, 5.74) is 0.999. The number of sulfone groups is 1. The highest BCUT2D eigenvalue weighted by Gasteiger charge is 2.07. The van der Waals surface area contributed by atoms with E-state index in [1.54, 1.807) is 13.3 Å². The molecule has 0 saturated heterocycles. The van der Waals surface area contributed by atoms with E-state index < -0.39 is 9.84 Å². The number of hydrogen-bond acceptors (Lipinski definition) is 4. The predicted molar refractivity (Wildman–Crippen MR) is 77.7 cm³/mol. The fourth-order valence-electron chi connectivity index (χ4n) is 1.72. The van der Waals surface area contributed by atoms with Crippen LogP contribution >= 0.6 is 0 Å². The molecule has 0 aromatic carbocycles. The lowest BCUT2D eigenvalue weighted by Crippen LogP contribution is -2.19. The van der Waals surface area contributed by atoms with Crippen molar-refractivity contribution in [2.45, 2.75) is 40.3 Å². The van der Waals surface area contributed by atoms with Gasteiger partial charge in [-0.2, -0.15) is 0 Å². The summed E-state index contributed by atoms with van der Waals surface area (Å²) in [5.74, 6) is 1.10. The topological polar surface area (TPSA) is 64.0 Å². The lowest BCUT2D eigenvalue weighted by molar-refractivity contribution is 0.548. The summed E-state index contributed by atoms with van der Waals surface area (Å²) in [6.07, 6.45) is 4.39. The summed E-state index contributed by atoms with van der Waals surface area (Å²) >= 11 is 0. The number of imidazole rings is 1. The Morgan fingerprint density at radius 3 is 2.79 bits per heavy atom. The number of aromatic nitrogens is 2. The Labute approximate surface area is 116 Å². The van der Waals surface area contributed by atoms with Gasteiger partial charge in [-0.05, 0) is 18.9 Å². The van der Waals surface area contributed by atoms with Gasteiger partial charge in [-0.25, -0.2) is 13.4 Å². The normalized spacial score (nSPS) is 12.2. The smallest absolute Gasteiger partial charge is 0.150 e. The fraction of sp³-hybridized carbons (Fsp3) is 0.769. The molecule has 1 aromatic rings. The molecule has 0 aliphatic heterocycles. The van der Waals surface area contributed by atoms with Crippen LogP contribution in [0.3, 0.4) is 0 Å². The standard InChI is InChI=1S/C13H25N3O2S/c1-4-19(17,18)7-5-6-16-10-13(15-11-16)9-14-8-12(2)3/h10-12,14H,4-9H2,1-3H3. The van der Waals surface area contributed by atoms with Gasteiger partial charge in [-0.15, -0.1) is 0 Å². The number of rotatable bonds is 9. The molecule has 1 rings (SSSR count). The van der Waals surface area contributed by atoms with Gasteiger partial charge in [0.1, 0.15) is 9.84 Å². The molecule has 110 valence electrons. The molecule has 0 spiro atoms. The van der Waals surface area contributed by atoms with Crippen molar-refractivity contribution in [3.05, 3.63) is 18.2 Å². The Kier molecular flexibility index (Phi) is 6.51. The zero-order valence-electron chi connectivity index (χ0n) is 12.1. The lowest BCUT2D eigenvalue weighted by Gasteiger charge is -2.05. The molecule has 1 N–H and O–H groups in total. The monoisotopic (exact) mass is 287 g/mol. The van der Waals surface area contributed by atoms with Crippen molar-refractivity contribution in [3.63, 3.8) is 0 Å². The molecule has 0 bridgehead atoms. The van der Waals surface area contributed by atoms with Crippen LogP contribution in [-0.4, -0.2) is 36.0 Å². The average Bonchev–Trinajstić information content (AvgIpc) is 2.76. The zero-order valence-corrected chi connectivity index (χ0v) is 12.9. The molecule has 0 amide bonds. The first kappa shape index (κ1) is 16.2. The van der Waals surface area contributed by atoms with E-state index in [2.05, 4.69) is 24.1 Å². The van der Waals surface area contributed by atoms with E-state index in [0.29, 0.717) is 18.9 Å². The summed E-state index contributed by atoms with van der Waals surface area (Å²) in [7, 11) is -2.85. The van der Waals surface area contributed by atoms with Crippen LogP contribution in [-0.2, 0) is 22.9 Å². The maximum atomic E-state index is 11.4. The average molecular weight is 287 g/mol. The van der Waals surface area contributed by atoms with Crippen LogP contribution in [0.1, 0.15) is 32.9 Å². The summed E-state index contributed by atoms with van der Waals surface area (Å²) in [4.78, 5) is 4.30. The first-order chi connectivity index (χ1) is 8.93. The third kappa shape index (κ3) is 6.73.